The topological polar surface area (TPSA) is 91.7 Å². The first-order chi connectivity index (χ1) is 23.3. The predicted molar refractivity (Wildman–Crippen MR) is 213 cm³/mol. The summed E-state index contributed by atoms with van der Waals surface area (Å²) in [7, 11) is 0. The van der Waals surface area contributed by atoms with Crippen LogP contribution in [0.15, 0.2) is 91.0 Å². The Labute approximate surface area is 306 Å². The largest absolute Gasteiger partial charge is 0.507 e. The number of carbonyl (C=O) groups excluding carboxylic acids is 3. The van der Waals surface area contributed by atoms with Gasteiger partial charge in [0.25, 0.3) is 0 Å². The van der Waals surface area contributed by atoms with E-state index in [-0.39, 0.29) is 44.7 Å². The van der Waals surface area contributed by atoms with Crippen molar-refractivity contribution in [2.75, 3.05) is 0 Å². The van der Waals surface area contributed by atoms with Crippen molar-refractivity contribution >= 4 is 23.9 Å². The zero-order chi connectivity index (χ0) is 38.9. The fourth-order valence-corrected chi connectivity index (χ4v) is 4.91. The maximum Gasteiger partial charge on any atom is 0.189 e. The van der Waals surface area contributed by atoms with Gasteiger partial charge in [-0.05, 0) is 98.9 Å². The molecule has 2 N–H and O–H groups in total. The van der Waals surface area contributed by atoms with Crippen LogP contribution < -0.4 is 0 Å². The van der Waals surface area contributed by atoms with Gasteiger partial charge < -0.3 is 10.2 Å². The molecule has 0 fully saturated rings. The molecular formula is C46H58O5. The van der Waals surface area contributed by atoms with Crippen LogP contribution in [-0.4, -0.2) is 28.1 Å². The Bertz CT molecular complexity index is 1780. The molecule has 51 heavy (non-hydrogen) atoms. The number of allylic oxidation sites excluding steroid dienone is 1. The number of phenolic OH excluding ortho intramolecular Hbond substituents is 2. The minimum Gasteiger partial charge on any atom is -0.507 e. The zero-order valence-corrected chi connectivity index (χ0v) is 32.9. The molecule has 0 spiro atoms. The first kappa shape index (κ1) is 42.4. The van der Waals surface area contributed by atoms with Crippen LogP contribution in [0.3, 0.4) is 0 Å². The van der Waals surface area contributed by atoms with E-state index in [0.717, 1.165) is 17.4 Å². The maximum absolute atomic E-state index is 12.4. The molecule has 4 rings (SSSR count). The number of aromatic hydroxyl groups is 2. The summed E-state index contributed by atoms with van der Waals surface area (Å²) in [5.41, 5.74) is 7.64. The third-order valence-electron chi connectivity index (χ3n) is 8.39. The lowest BCUT2D eigenvalue weighted by Gasteiger charge is -2.25. The van der Waals surface area contributed by atoms with Crippen LogP contribution in [0, 0.1) is 0 Å². The van der Waals surface area contributed by atoms with E-state index in [1.54, 1.807) is 36.4 Å². The molecule has 5 nitrogen and oxygen atoms in total. The molecule has 0 unspecified atom stereocenters. The molecule has 0 saturated carbocycles. The highest BCUT2D eigenvalue weighted by molar-refractivity contribution is 6.08. The van der Waals surface area contributed by atoms with Gasteiger partial charge in [-0.3, -0.25) is 14.4 Å². The van der Waals surface area contributed by atoms with E-state index in [1.807, 2.05) is 18.2 Å². The molecule has 0 radical (unpaired) electrons. The average molecular weight is 691 g/mol. The minimum absolute atomic E-state index is 0.0102. The van der Waals surface area contributed by atoms with Crippen molar-refractivity contribution in [3.63, 3.8) is 0 Å². The van der Waals surface area contributed by atoms with Crippen molar-refractivity contribution < 1.29 is 24.6 Å². The molecule has 0 saturated heterocycles. The first-order valence-electron chi connectivity index (χ1n) is 17.4. The first-order valence-corrected chi connectivity index (χ1v) is 17.4. The molecule has 0 aromatic heterocycles. The Morgan fingerprint density at radius 1 is 0.510 bits per heavy atom. The van der Waals surface area contributed by atoms with E-state index in [2.05, 4.69) is 107 Å². The van der Waals surface area contributed by atoms with Gasteiger partial charge in [0.1, 0.15) is 17.8 Å². The highest BCUT2D eigenvalue weighted by Gasteiger charge is 2.21. The number of hydrogen-bond donors (Lipinski definition) is 2. The van der Waals surface area contributed by atoms with Crippen LogP contribution in [0.5, 0.6) is 11.5 Å². The Morgan fingerprint density at radius 3 is 1.14 bits per heavy atom. The highest BCUT2D eigenvalue weighted by atomic mass is 16.3. The maximum atomic E-state index is 12.4. The second-order valence-corrected chi connectivity index (χ2v) is 17.1. The summed E-state index contributed by atoms with van der Waals surface area (Å²) in [5, 5.41) is 18.9. The molecule has 0 aliphatic carbocycles. The summed E-state index contributed by atoms with van der Waals surface area (Å²) in [6.07, 6.45) is 4.30. The normalized spacial score (nSPS) is 11.9. The van der Waals surface area contributed by atoms with Crippen LogP contribution in [0.2, 0.25) is 0 Å². The van der Waals surface area contributed by atoms with Crippen LogP contribution in [-0.2, 0) is 21.7 Å². The number of aldehydes is 1. The second kappa shape index (κ2) is 17.0. The van der Waals surface area contributed by atoms with E-state index in [4.69, 9.17) is 5.11 Å². The Hall–Kier alpha value is -4.77. The molecule has 0 bridgehead atoms. The van der Waals surface area contributed by atoms with Crippen molar-refractivity contribution in [1.29, 1.82) is 0 Å². The number of hydrogen-bond acceptors (Lipinski definition) is 5. The van der Waals surface area contributed by atoms with Crippen molar-refractivity contribution in [3.05, 3.63) is 136 Å². The smallest absolute Gasteiger partial charge is 0.189 e. The molecule has 0 aliphatic heterocycles. The van der Waals surface area contributed by atoms with Gasteiger partial charge >= 0.3 is 0 Å². The van der Waals surface area contributed by atoms with Gasteiger partial charge in [-0.15, -0.1) is 0 Å². The van der Waals surface area contributed by atoms with E-state index >= 15 is 0 Å². The predicted octanol–water partition coefficient (Wildman–Crippen LogP) is 11.6. The number of ketones is 2. The van der Waals surface area contributed by atoms with Gasteiger partial charge in [0.2, 0.25) is 0 Å². The summed E-state index contributed by atoms with van der Waals surface area (Å²) in [5.74, 6) is -0.249. The summed E-state index contributed by atoms with van der Waals surface area (Å²) >= 11 is 0. The zero-order valence-electron chi connectivity index (χ0n) is 32.9. The lowest BCUT2D eigenvalue weighted by atomic mass is 9.79. The minimum atomic E-state index is -0.198. The summed E-state index contributed by atoms with van der Waals surface area (Å²) in [4.78, 5) is 34.0. The number of rotatable bonds is 5. The summed E-state index contributed by atoms with van der Waals surface area (Å²) in [6.45, 7) is 27.6. The third kappa shape index (κ3) is 13.1. The molecule has 0 heterocycles. The molecule has 0 aliphatic rings. The van der Waals surface area contributed by atoms with Crippen molar-refractivity contribution in [3.8, 4) is 11.5 Å². The number of Topliss-reactive ketones (excluding diaryl/α,β-unsaturated/α-hetero) is 1. The van der Waals surface area contributed by atoms with E-state index in [9.17, 15) is 19.5 Å². The third-order valence-corrected chi connectivity index (χ3v) is 8.39. The van der Waals surface area contributed by atoms with Gasteiger partial charge in [0, 0.05) is 5.56 Å². The Kier molecular flexibility index (Phi) is 14.1. The quantitative estimate of drug-likeness (QED) is 0.124. The SMILES string of the molecule is CC(=O)c1ccccc1O.CC(C)(C)c1cc(/C=C/C(=O)c2ccccc2O)cc(C(C)(C)C)c1.CC(C)(C)c1cc(C=O)cc(C(C)(C)C)c1. The highest BCUT2D eigenvalue weighted by Crippen LogP contribution is 2.32. The van der Waals surface area contributed by atoms with Gasteiger partial charge in [0.15, 0.2) is 11.6 Å². The van der Waals surface area contributed by atoms with Gasteiger partial charge in [-0.1, -0.05) is 138 Å². The number of benzene rings is 4. The number of para-hydroxylation sites is 2. The second-order valence-electron chi connectivity index (χ2n) is 17.1. The lowest BCUT2D eigenvalue weighted by Crippen LogP contribution is -2.16. The van der Waals surface area contributed by atoms with Gasteiger partial charge in [-0.25, -0.2) is 0 Å². The average Bonchev–Trinajstić information content (AvgIpc) is 3.02. The fourth-order valence-electron chi connectivity index (χ4n) is 4.91. The molecular weight excluding hydrogens is 633 g/mol. The molecule has 0 amide bonds. The van der Waals surface area contributed by atoms with Gasteiger partial charge in [0.05, 0.1) is 11.1 Å². The standard InChI is InChI=1S/C23H28O2.C15H22O.C8H8O2/c1-22(2,3)17-13-16(14-18(15-17)23(4,5)6)11-12-21(25)19-9-7-8-10-20(19)24;1-14(2,3)12-7-11(10-16)8-13(9-12)15(4,5)6;1-6(9)7-4-2-3-5-8(7)10/h7-15,24H,1-6H3;7-10H,1-6H3;2-5,10H,1H3/b12-11+;;. The van der Waals surface area contributed by atoms with Gasteiger partial charge in [-0.2, -0.15) is 0 Å². The molecule has 0 atom stereocenters. The fraction of sp³-hybridized carbons (Fsp3) is 0.370. The lowest BCUT2D eigenvalue weighted by molar-refractivity contribution is 0.101. The van der Waals surface area contributed by atoms with Crippen molar-refractivity contribution in [1.82, 2.24) is 0 Å². The van der Waals surface area contributed by atoms with Crippen LogP contribution in [0.1, 0.15) is 149 Å². The molecule has 272 valence electrons. The Morgan fingerprint density at radius 2 is 0.843 bits per heavy atom. The number of carbonyl (C=O) groups is 3. The molecule has 5 heteroatoms. The van der Waals surface area contributed by atoms with Crippen molar-refractivity contribution in [2.24, 2.45) is 0 Å². The summed E-state index contributed by atoms with van der Waals surface area (Å²) < 4.78 is 0. The Balaban J connectivity index is 0.000000295. The molecule has 4 aromatic rings. The van der Waals surface area contributed by atoms with Crippen LogP contribution in [0.4, 0.5) is 0 Å². The number of phenols is 2. The van der Waals surface area contributed by atoms with Crippen molar-refractivity contribution in [2.45, 2.75) is 112 Å². The van der Waals surface area contributed by atoms with Crippen LogP contribution >= 0.6 is 0 Å². The monoisotopic (exact) mass is 690 g/mol. The summed E-state index contributed by atoms with van der Waals surface area (Å²) in [6, 6.07) is 25.8. The van der Waals surface area contributed by atoms with E-state index in [0.29, 0.717) is 11.1 Å². The van der Waals surface area contributed by atoms with Crippen LogP contribution in [0.25, 0.3) is 6.08 Å². The van der Waals surface area contributed by atoms with E-state index in [1.165, 1.54) is 47.4 Å². The van der Waals surface area contributed by atoms with E-state index < -0.39 is 0 Å². The molecule has 4 aromatic carbocycles.